The molecule has 0 bridgehead atoms. The van der Waals surface area contributed by atoms with E-state index in [-0.39, 0.29) is 30.3 Å². The van der Waals surface area contributed by atoms with E-state index in [0.29, 0.717) is 22.5 Å². The van der Waals surface area contributed by atoms with Gasteiger partial charge in [-0.1, -0.05) is 30.4 Å². The Morgan fingerprint density at radius 2 is 1.90 bits per heavy atom. The molecule has 0 fully saturated rings. The Labute approximate surface area is 173 Å². The summed E-state index contributed by atoms with van der Waals surface area (Å²) < 4.78 is 1.09. The summed E-state index contributed by atoms with van der Waals surface area (Å²) in [6.45, 7) is 10.6. The smallest absolute Gasteiger partial charge is 0.275 e. The molecule has 1 aliphatic heterocycles. The van der Waals surface area contributed by atoms with E-state index in [0.717, 1.165) is 4.57 Å². The lowest BCUT2D eigenvalue weighted by Gasteiger charge is -2.14. The molecule has 1 aromatic heterocycles. The second kappa shape index (κ2) is 8.59. The summed E-state index contributed by atoms with van der Waals surface area (Å²) >= 11 is 0. The lowest BCUT2D eigenvalue weighted by Crippen LogP contribution is -2.25. The van der Waals surface area contributed by atoms with E-state index in [1.807, 2.05) is 0 Å². The molecule has 30 heavy (non-hydrogen) atoms. The van der Waals surface area contributed by atoms with Gasteiger partial charge in [-0.05, 0) is 37.6 Å². The topological polar surface area (TPSA) is 99.5 Å². The summed E-state index contributed by atoms with van der Waals surface area (Å²) in [6, 6.07) is 8.55. The number of allylic oxidation sites excluding steroid dienone is 2. The van der Waals surface area contributed by atoms with Crippen molar-refractivity contribution >= 4 is 23.4 Å². The summed E-state index contributed by atoms with van der Waals surface area (Å²) in [4.78, 5) is 28.8. The molecule has 0 aliphatic carbocycles. The van der Waals surface area contributed by atoms with Crippen molar-refractivity contribution in [3.8, 4) is 11.6 Å². The number of hydrogen-bond donors (Lipinski definition) is 2. The number of pyridine rings is 1. The number of aromatic hydroxyl groups is 1. The highest BCUT2D eigenvalue weighted by atomic mass is 16.3. The normalized spacial score (nSPS) is 15.1. The van der Waals surface area contributed by atoms with Gasteiger partial charge >= 0.3 is 0 Å². The largest absolute Gasteiger partial charge is 0.502 e. The number of benzene rings is 1. The minimum absolute atomic E-state index is 0.0189. The first-order valence-corrected chi connectivity index (χ1v) is 9.18. The monoisotopic (exact) mass is 404 g/mol. The number of nitrogens with zero attached hydrogens (tertiary/aromatic N) is 4. The van der Waals surface area contributed by atoms with E-state index in [9.17, 15) is 14.7 Å². The van der Waals surface area contributed by atoms with Gasteiger partial charge in [0.25, 0.3) is 11.5 Å². The fourth-order valence-corrected chi connectivity index (χ4v) is 3.18. The Morgan fingerprint density at radius 3 is 2.53 bits per heavy atom. The van der Waals surface area contributed by atoms with Crippen molar-refractivity contribution < 1.29 is 15.0 Å². The third-order valence-corrected chi connectivity index (χ3v) is 4.71. The van der Waals surface area contributed by atoms with Gasteiger partial charge in [0.1, 0.15) is 0 Å². The van der Waals surface area contributed by atoms with Crippen LogP contribution in [0, 0.1) is 13.5 Å². The highest BCUT2D eigenvalue weighted by molar-refractivity contribution is 6.24. The SMILES string of the molecule is [C-]#[N+]c1c(C)c(/C=C/C=C2\C(=O)N(CCO)N=C2C)c(=O)n(-c2ccccc2)c1O. The van der Waals surface area contributed by atoms with Crippen LogP contribution in [0.5, 0.6) is 5.88 Å². The maximum atomic E-state index is 13.1. The maximum absolute atomic E-state index is 13.1. The Kier molecular flexibility index (Phi) is 5.95. The third-order valence-electron chi connectivity index (χ3n) is 4.71. The molecule has 2 N–H and O–H groups in total. The molecule has 3 rings (SSSR count). The molecule has 2 aromatic rings. The third kappa shape index (κ3) is 3.66. The van der Waals surface area contributed by atoms with E-state index in [1.54, 1.807) is 50.3 Å². The maximum Gasteiger partial charge on any atom is 0.275 e. The number of aliphatic hydroxyl groups excluding tert-OH is 1. The van der Waals surface area contributed by atoms with Gasteiger partial charge < -0.3 is 10.2 Å². The Bertz CT molecular complexity index is 1180. The number of amides is 1. The molecule has 1 aromatic carbocycles. The van der Waals surface area contributed by atoms with E-state index in [2.05, 4.69) is 9.95 Å². The number of hydrazone groups is 1. The highest BCUT2D eigenvalue weighted by Gasteiger charge is 2.26. The molecule has 8 nitrogen and oxygen atoms in total. The Balaban J connectivity index is 2.08. The van der Waals surface area contributed by atoms with Crippen molar-refractivity contribution in [1.82, 2.24) is 9.58 Å². The number of rotatable bonds is 5. The fraction of sp³-hybridized carbons (Fsp3) is 0.182. The van der Waals surface area contributed by atoms with Crippen molar-refractivity contribution in [2.24, 2.45) is 5.10 Å². The van der Waals surface area contributed by atoms with E-state index >= 15 is 0 Å². The average molecular weight is 404 g/mol. The molecule has 0 unspecified atom stereocenters. The fourth-order valence-electron chi connectivity index (χ4n) is 3.18. The number of hydrogen-bond acceptors (Lipinski definition) is 5. The zero-order valence-electron chi connectivity index (χ0n) is 16.5. The zero-order valence-corrected chi connectivity index (χ0v) is 16.5. The number of aliphatic hydroxyl groups is 1. The summed E-state index contributed by atoms with van der Waals surface area (Å²) in [7, 11) is 0. The van der Waals surface area contributed by atoms with Crippen LogP contribution in [0.3, 0.4) is 0 Å². The van der Waals surface area contributed by atoms with E-state index in [1.165, 1.54) is 17.2 Å². The number of para-hydroxylation sites is 1. The van der Waals surface area contributed by atoms with Crippen molar-refractivity contribution in [1.29, 1.82) is 0 Å². The number of carbonyl (C=O) groups excluding carboxylic acids is 1. The van der Waals surface area contributed by atoms with Gasteiger partial charge in [0.15, 0.2) is 0 Å². The first-order valence-electron chi connectivity index (χ1n) is 9.18. The molecule has 1 aliphatic rings. The zero-order chi connectivity index (χ0) is 21.8. The van der Waals surface area contributed by atoms with Gasteiger partial charge in [-0.2, -0.15) is 5.10 Å². The van der Waals surface area contributed by atoms with Crippen LogP contribution in [-0.4, -0.2) is 44.6 Å². The van der Waals surface area contributed by atoms with Gasteiger partial charge in [0, 0.05) is 5.56 Å². The second-order valence-corrected chi connectivity index (χ2v) is 6.58. The molecule has 0 saturated heterocycles. The van der Waals surface area contributed by atoms with Crippen LogP contribution in [0.25, 0.3) is 16.6 Å². The number of aromatic nitrogens is 1. The van der Waals surface area contributed by atoms with Crippen molar-refractivity contribution in [2.45, 2.75) is 13.8 Å². The predicted octanol–water partition coefficient (Wildman–Crippen LogP) is 2.55. The van der Waals surface area contributed by atoms with Gasteiger partial charge in [0.2, 0.25) is 11.6 Å². The van der Waals surface area contributed by atoms with Crippen LogP contribution >= 0.6 is 0 Å². The molecular weight excluding hydrogens is 384 g/mol. The molecule has 0 saturated carbocycles. The van der Waals surface area contributed by atoms with Gasteiger partial charge in [-0.3, -0.25) is 14.2 Å². The van der Waals surface area contributed by atoms with Crippen LogP contribution in [0.1, 0.15) is 18.1 Å². The van der Waals surface area contributed by atoms with Crippen LogP contribution in [0.2, 0.25) is 0 Å². The van der Waals surface area contributed by atoms with Gasteiger partial charge in [-0.15, -0.1) is 0 Å². The molecule has 0 radical (unpaired) electrons. The second-order valence-electron chi connectivity index (χ2n) is 6.58. The van der Waals surface area contributed by atoms with Crippen LogP contribution in [-0.2, 0) is 4.79 Å². The molecule has 1 amide bonds. The van der Waals surface area contributed by atoms with Gasteiger partial charge in [-0.25, -0.2) is 9.85 Å². The first-order chi connectivity index (χ1) is 14.4. The lowest BCUT2D eigenvalue weighted by molar-refractivity contribution is -0.126. The Morgan fingerprint density at radius 1 is 1.20 bits per heavy atom. The molecular formula is C22H20N4O4. The molecule has 0 spiro atoms. The highest BCUT2D eigenvalue weighted by Crippen LogP contribution is 2.32. The molecule has 0 atom stereocenters. The van der Waals surface area contributed by atoms with Crippen molar-refractivity contribution in [3.63, 3.8) is 0 Å². The van der Waals surface area contributed by atoms with E-state index in [4.69, 9.17) is 11.7 Å². The summed E-state index contributed by atoms with van der Waals surface area (Å²) in [5.41, 5.74) is 1.37. The Hall–Kier alpha value is -3.96. The minimum Gasteiger partial charge on any atom is -0.502 e. The summed E-state index contributed by atoms with van der Waals surface area (Å²) in [5.74, 6) is -0.750. The average Bonchev–Trinajstić information content (AvgIpc) is 2.99. The lowest BCUT2D eigenvalue weighted by atomic mass is 10.1. The molecule has 152 valence electrons. The van der Waals surface area contributed by atoms with Crippen LogP contribution in [0.15, 0.2) is 58.0 Å². The quantitative estimate of drug-likeness (QED) is 0.591. The summed E-state index contributed by atoms with van der Waals surface area (Å²) in [6.07, 6.45) is 4.58. The van der Waals surface area contributed by atoms with Crippen molar-refractivity contribution in [3.05, 3.63) is 81.0 Å². The van der Waals surface area contributed by atoms with Gasteiger partial charge in [0.05, 0.1) is 36.7 Å². The summed E-state index contributed by atoms with van der Waals surface area (Å²) in [5, 5.41) is 24.8. The first kappa shape index (κ1) is 20.8. The van der Waals surface area contributed by atoms with E-state index < -0.39 is 11.4 Å². The van der Waals surface area contributed by atoms with Crippen LogP contribution < -0.4 is 5.56 Å². The molecule has 2 heterocycles. The van der Waals surface area contributed by atoms with Crippen molar-refractivity contribution in [2.75, 3.05) is 13.2 Å². The number of carbonyl (C=O) groups is 1. The predicted molar refractivity (Wildman–Crippen MR) is 114 cm³/mol. The van der Waals surface area contributed by atoms with Crippen LogP contribution in [0.4, 0.5) is 5.69 Å². The molecule has 8 heteroatoms. The minimum atomic E-state index is -0.483. The standard InChI is InChI=1S/C22H20N4O4/c1-14-17(10-7-11-18-15(2)24-25(12-13-27)20(18)28)21(29)26(22(30)19(14)23-3)16-8-5-4-6-9-16/h4-11,27,30H,12-13H2,1-2H3/b10-7+,18-11-. The number of β-amino-alcohol motifs (C(OH)–C–C–N with tert-alkyl or cyclic N) is 1.